The van der Waals surface area contributed by atoms with Crippen LogP contribution in [0, 0.1) is 5.92 Å². The van der Waals surface area contributed by atoms with E-state index in [2.05, 4.69) is 4.99 Å². The van der Waals surface area contributed by atoms with Crippen LogP contribution in [0.25, 0.3) is 0 Å². The van der Waals surface area contributed by atoms with Gasteiger partial charge in [0.05, 0.1) is 13.0 Å². The first-order valence-corrected chi connectivity index (χ1v) is 4.03. The maximum atomic E-state index is 10.9. The van der Waals surface area contributed by atoms with Crippen molar-refractivity contribution in [1.82, 2.24) is 0 Å². The third kappa shape index (κ3) is 1.33. The van der Waals surface area contributed by atoms with Crippen molar-refractivity contribution < 1.29 is 9.53 Å². The molecule has 1 atom stereocenters. The van der Waals surface area contributed by atoms with Crippen LogP contribution in [0.15, 0.2) is 40.6 Å². The summed E-state index contributed by atoms with van der Waals surface area (Å²) >= 11 is 0. The molecule has 0 saturated heterocycles. The quantitative estimate of drug-likeness (QED) is 0.601. The largest absolute Gasteiger partial charge is 0.500 e. The highest BCUT2D eigenvalue weighted by Gasteiger charge is 2.22. The first-order chi connectivity index (χ1) is 6.31. The highest BCUT2D eigenvalue weighted by Crippen LogP contribution is 2.26. The van der Waals surface area contributed by atoms with Crippen LogP contribution in [0.4, 0.5) is 0 Å². The number of rotatable bonds is 1. The predicted octanol–water partition coefficient (Wildman–Crippen LogP) is 1.24. The summed E-state index contributed by atoms with van der Waals surface area (Å²) in [6.07, 6.45) is 8.80. The number of hydrogen-bond acceptors (Lipinski definition) is 2. The molecule has 66 valence electrons. The smallest absolute Gasteiger partial charge is 0.269 e. The number of ether oxygens (including phenoxy) is 1. The molecule has 1 heterocycles. The van der Waals surface area contributed by atoms with Crippen LogP contribution in [0.5, 0.6) is 0 Å². The van der Waals surface area contributed by atoms with E-state index in [4.69, 9.17) is 4.74 Å². The lowest BCUT2D eigenvalue weighted by Gasteiger charge is -2.20. The van der Waals surface area contributed by atoms with Gasteiger partial charge in [-0.15, -0.1) is 0 Å². The molecule has 1 aliphatic carbocycles. The molecule has 0 saturated carbocycles. The van der Waals surface area contributed by atoms with Gasteiger partial charge in [0.15, 0.2) is 0 Å². The number of allylic oxidation sites excluding steroid dienone is 4. The van der Waals surface area contributed by atoms with E-state index >= 15 is 0 Å². The number of amides is 1. The summed E-state index contributed by atoms with van der Waals surface area (Å²) < 4.78 is 5.16. The van der Waals surface area contributed by atoms with Crippen molar-refractivity contribution in [2.45, 2.75) is 0 Å². The molecule has 1 unspecified atom stereocenters. The summed E-state index contributed by atoms with van der Waals surface area (Å²) in [6.45, 7) is 0. The third-order valence-corrected chi connectivity index (χ3v) is 2.09. The van der Waals surface area contributed by atoms with E-state index in [1.807, 2.05) is 18.2 Å². The maximum Gasteiger partial charge on any atom is 0.269 e. The van der Waals surface area contributed by atoms with Crippen LogP contribution in [-0.2, 0) is 9.53 Å². The average molecular weight is 175 g/mol. The Morgan fingerprint density at radius 1 is 1.54 bits per heavy atom. The Bertz CT molecular complexity index is 361. The van der Waals surface area contributed by atoms with Crippen molar-refractivity contribution in [2.24, 2.45) is 10.9 Å². The molecule has 0 spiro atoms. The number of carbonyl (C=O) groups is 1. The SMILES string of the molecule is COC1=CC=CC2=CC(=O)N=CC21. The minimum Gasteiger partial charge on any atom is -0.500 e. The van der Waals surface area contributed by atoms with Gasteiger partial charge in [0.2, 0.25) is 0 Å². The van der Waals surface area contributed by atoms with Crippen molar-refractivity contribution in [3.8, 4) is 0 Å². The fourth-order valence-corrected chi connectivity index (χ4v) is 1.45. The first kappa shape index (κ1) is 7.98. The Hall–Kier alpha value is -1.64. The second-order valence-corrected chi connectivity index (χ2v) is 2.87. The molecule has 0 aromatic rings. The zero-order valence-corrected chi connectivity index (χ0v) is 7.23. The molecular weight excluding hydrogens is 166 g/mol. The van der Waals surface area contributed by atoms with Crippen LogP contribution in [0.1, 0.15) is 0 Å². The van der Waals surface area contributed by atoms with Crippen LogP contribution in [-0.4, -0.2) is 19.2 Å². The van der Waals surface area contributed by atoms with Crippen molar-refractivity contribution in [1.29, 1.82) is 0 Å². The zero-order valence-electron chi connectivity index (χ0n) is 7.23. The van der Waals surface area contributed by atoms with E-state index < -0.39 is 0 Å². The highest BCUT2D eigenvalue weighted by molar-refractivity contribution is 5.99. The van der Waals surface area contributed by atoms with Gasteiger partial charge < -0.3 is 4.74 Å². The second kappa shape index (κ2) is 3.01. The molecule has 0 N–H and O–H groups in total. The number of hydrogen-bond donors (Lipinski definition) is 0. The number of dihydropyridines is 1. The molecule has 0 fully saturated rings. The average Bonchev–Trinajstić information content (AvgIpc) is 2.16. The van der Waals surface area contributed by atoms with Gasteiger partial charge in [0.1, 0.15) is 5.76 Å². The van der Waals surface area contributed by atoms with Gasteiger partial charge in [-0.05, 0) is 11.6 Å². The van der Waals surface area contributed by atoms with Crippen molar-refractivity contribution in [3.63, 3.8) is 0 Å². The topological polar surface area (TPSA) is 38.7 Å². The Morgan fingerprint density at radius 2 is 2.38 bits per heavy atom. The molecule has 2 aliphatic rings. The van der Waals surface area contributed by atoms with E-state index in [0.717, 1.165) is 11.3 Å². The fourth-order valence-electron chi connectivity index (χ4n) is 1.45. The lowest BCUT2D eigenvalue weighted by atomic mass is 9.92. The monoisotopic (exact) mass is 175 g/mol. The normalized spacial score (nSPS) is 25.0. The number of carbonyl (C=O) groups excluding carboxylic acids is 1. The molecule has 0 radical (unpaired) electrons. The van der Waals surface area contributed by atoms with Gasteiger partial charge in [-0.2, -0.15) is 0 Å². The molecule has 1 amide bonds. The fraction of sp³-hybridized carbons (Fsp3) is 0.200. The number of fused-ring (bicyclic) bond motifs is 1. The molecule has 1 aliphatic heterocycles. The van der Waals surface area contributed by atoms with E-state index in [-0.39, 0.29) is 11.8 Å². The zero-order chi connectivity index (χ0) is 9.26. The van der Waals surface area contributed by atoms with E-state index in [1.54, 1.807) is 13.3 Å². The van der Waals surface area contributed by atoms with Crippen molar-refractivity contribution in [3.05, 3.63) is 35.6 Å². The van der Waals surface area contributed by atoms with Gasteiger partial charge in [0, 0.05) is 12.3 Å². The molecule has 0 aromatic heterocycles. The standard InChI is InChI=1S/C10H9NO2/c1-13-9-4-2-3-7-5-10(12)11-6-8(7)9/h2-6,8H,1H3. The predicted molar refractivity (Wildman–Crippen MR) is 49.3 cm³/mol. The van der Waals surface area contributed by atoms with Crippen molar-refractivity contribution in [2.75, 3.05) is 7.11 Å². The lowest BCUT2D eigenvalue weighted by Crippen LogP contribution is -2.17. The first-order valence-electron chi connectivity index (χ1n) is 4.03. The molecule has 0 bridgehead atoms. The summed E-state index contributed by atoms with van der Waals surface area (Å²) in [5.41, 5.74) is 0.944. The Balaban J connectivity index is 2.37. The van der Waals surface area contributed by atoms with Gasteiger partial charge in [-0.3, -0.25) is 4.79 Å². The Labute approximate surface area is 76.1 Å². The van der Waals surface area contributed by atoms with Gasteiger partial charge in [-0.1, -0.05) is 12.2 Å². The minimum atomic E-state index is -0.201. The minimum absolute atomic E-state index is 0.0210. The van der Waals surface area contributed by atoms with Crippen LogP contribution < -0.4 is 0 Å². The molecule has 13 heavy (non-hydrogen) atoms. The number of methoxy groups -OCH3 is 1. The summed E-state index contributed by atoms with van der Waals surface area (Å²) in [7, 11) is 1.62. The maximum absolute atomic E-state index is 10.9. The van der Waals surface area contributed by atoms with Crippen LogP contribution in [0.2, 0.25) is 0 Å². The summed E-state index contributed by atoms with van der Waals surface area (Å²) in [4.78, 5) is 14.7. The summed E-state index contributed by atoms with van der Waals surface area (Å²) in [6, 6.07) is 0. The summed E-state index contributed by atoms with van der Waals surface area (Å²) in [5, 5.41) is 0. The molecule has 3 heteroatoms. The second-order valence-electron chi connectivity index (χ2n) is 2.87. The van der Waals surface area contributed by atoms with E-state index in [0.29, 0.717) is 0 Å². The molecular formula is C10H9NO2. The Kier molecular flexibility index (Phi) is 1.85. The molecule has 2 rings (SSSR count). The van der Waals surface area contributed by atoms with E-state index in [1.165, 1.54) is 6.08 Å². The van der Waals surface area contributed by atoms with Gasteiger partial charge in [-0.25, -0.2) is 4.99 Å². The lowest BCUT2D eigenvalue weighted by molar-refractivity contribution is -0.113. The Morgan fingerprint density at radius 3 is 3.15 bits per heavy atom. The van der Waals surface area contributed by atoms with E-state index in [9.17, 15) is 4.79 Å². The van der Waals surface area contributed by atoms with Gasteiger partial charge in [0.25, 0.3) is 5.91 Å². The van der Waals surface area contributed by atoms with Gasteiger partial charge >= 0.3 is 0 Å². The third-order valence-electron chi connectivity index (χ3n) is 2.09. The molecule has 3 nitrogen and oxygen atoms in total. The highest BCUT2D eigenvalue weighted by atomic mass is 16.5. The van der Waals surface area contributed by atoms with Crippen molar-refractivity contribution >= 4 is 12.1 Å². The number of nitrogens with zero attached hydrogens (tertiary/aromatic N) is 1. The summed E-state index contributed by atoms with van der Waals surface area (Å²) in [5.74, 6) is 0.644. The van der Waals surface area contributed by atoms with Crippen LogP contribution >= 0.6 is 0 Å². The number of aliphatic imine (C=N–C) groups is 1. The van der Waals surface area contributed by atoms with Crippen LogP contribution in [0.3, 0.4) is 0 Å². The molecule has 0 aromatic carbocycles.